The normalized spacial score (nSPS) is 14.4. The molecule has 0 radical (unpaired) electrons. The van der Waals surface area contributed by atoms with Gasteiger partial charge in [0.2, 0.25) is 5.91 Å². The Morgan fingerprint density at radius 1 is 0.943 bits per heavy atom. The van der Waals surface area contributed by atoms with Crippen molar-refractivity contribution < 1.29 is 17.9 Å². The number of amides is 1. The molecule has 8 heteroatoms. The van der Waals surface area contributed by atoms with Gasteiger partial charge in [-0.05, 0) is 47.9 Å². The van der Waals surface area contributed by atoms with Crippen molar-refractivity contribution in [2.24, 2.45) is 0 Å². The summed E-state index contributed by atoms with van der Waals surface area (Å²) in [6, 6.07) is 23.4. The van der Waals surface area contributed by atoms with Crippen molar-refractivity contribution >= 4 is 21.6 Å². The molecule has 0 saturated carbocycles. The van der Waals surface area contributed by atoms with Crippen LogP contribution in [0.3, 0.4) is 0 Å². The highest BCUT2D eigenvalue weighted by Gasteiger charge is 2.27. The Labute approximate surface area is 207 Å². The van der Waals surface area contributed by atoms with Crippen LogP contribution in [0.5, 0.6) is 0 Å². The number of aryl methyl sites for hydroxylation is 1. The molecule has 1 aliphatic rings. The Morgan fingerprint density at radius 3 is 2.40 bits per heavy atom. The van der Waals surface area contributed by atoms with E-state index < -0.39 is 10.0 Å². The lowest BCUT2D eigenvalue weighted by Gasteiger charge is -2.26. The van der Waals surface area contributed by atoms with Crippen molar-refractivity contribution in [1.82, 2.24) is 10.2 Å². The minimum Gasteiger partial charge on any atom is -0.379 e. The number of anilines is 1. The zero-order chi connectivity index (χ0) is 24.7. The molecule has 1 fully saturated rings. The van der Waals surface area contributed by atoms with Gasteiger partial charge >= 0.3 is 0 Å². The van der Waals surface area contributed by atoms with Crippen molar-refractivity contribution in [3.63, 3.8) is 0 Å². The fourth-order valence-electron chi connectivity index (χ4n) is 4.06. The first-order valence-corrected chi connectivity index (χ1v) is 13.1. The summed E-state index contributed by atoms with van der Waals surface area (Å²) < 4.78 is 33.4. The van der Waals surface area contributed by atoms with Crippen LogP contribution in [0.4, 0.5) is 5.69 Å². The van der Waals surface area contributed by atoms with Crippen LogP contribution in [0.25, 0.3) is 0 Å². The van der Waals surface area contributed by atoms with Gasteiger partial charge in [0, 0.05) is 26.2 Å². The molecule has 184 valence electrons. The molecule has 1 amide bonds. The fourth-order valence-corrected chi connectivity index (χ4v) is 5.49. The summed E-state index contributed by atoms with van der Waals surface area (Å²) in [5.41, 5.74) is 3.51. The van der Waals surface area contributed by atoms with Crippen molar-refractivity contribution in [3.05, 3.63) is 95.6 Å². The second-order valence-corrected chi connectivity index (χ2v) is 10.5. The zero-order valence-corrected chi connectivity index (χ0v) is 20.7. The number of hydrogen-bond acceptors (Lipinski definition) is 5. The molecule has 0 aliphatic carbocycles. The Bertz CT molecular complexity index is 1240. The molecule has 0 aromatic heterocycles. The van der Waals surface area contributed by atoms with Crippen LogP contribution < -0.4 is 9.62 Å². The second kappa shape index (κ2) is 11.5. The van der Waals surface area contributed by atoms with Crippen molar-refractivity contribution in [2.75, 3.05) is 37.2 Å². The molecule has 35 heavy (non-hydrogen) atoms. The summed E-state index contributed by atoms with van der Waals surface area (Å²) >= 11 is 0. The lowest BCUT2D eigenvalue weighted by Crippen LogP contribution is -2.40. The second-order valence-electron chi connectivity index (χ2n) is 8.65. The molecule has 0 bridgehead atoms. The van der Waals surface area contributed by atoms with Gasteiger partial charge in [-0.2, -0.15) is 0 Å². The van der Waals surface area contributed by atoms with Crippen LogP contribution in [0.2, 0.25) is 0 Å². The highest BCUT2D eigenvalue weighted by molar-refractivity contribution is 7.92. The van der Waals surface area contributed by atoms with Crippen LogP contribution in [-0.4, -0.2) is 52.1 Å². The van der Waals surface area contributed by atoms with E-state index in [0.717, 1.165) is 44.0 Å². The SMILES string of the molecule is Cc1cccc(N(CC(=O)NCc2cccc(CN3CCOCC3)c2)S(=O)(=O)c2ccccc2)c1. The average molecular weight is 494 g/mol. The van der Waals surface area contributed by atoms with E-state index in [1.165, 1.54) is 22.0 Å². The predicted molar refractivity (Wildman–Crippen MR) is 137 cm³/mol. The molecule has 7 nitrogen and oxygen atoms in total. The maximum atomic E-state index is 13.4. The van der Waals surface area contributed by atoms with Crippen LogP contribution in [0.15, 0.2) is 83.8 Å². The first-order valence-electron chi connectivity index (χ1n) is 11.7. The smallest absolute Gasteiger partial charge is 0.264 e. The lowest BCUT2D eigenvalue weighted by atomic mass is 10.1. The Hall–Kier alpha value is -3.20. The van der Waals surface area contributed by atoms with Gasteiger partial charge in [-0.3, -0.25) is 14.0 Å². The number of hydrogen-bond donors (Lipinski definition) is 1. The topological polar surface area (TPSA) is 79.0 Å². The van der Waals surface area contributed by atoms with Gasteiger partial charge in [0.1, 0.15) is 6.54 Å². The van der Waals surface area contributed by atoms with E-state index in [1.54, 1.807) is 36.4 Å². The highest BCUT2D eigenvalue weighted by Crippen LogP contribution is 2.24. The number of nitrogens with zero attached hydrogens (tertiary/aromatic N) is 2. The molecule has 3 aromatic rings. The number of sulfonamides is 1. The number of nitrogens with one attached hydrogen (secondary N) is 1. The third-order valence-corrected chi connectivity index (χ3v) is 7.69. The van der Waals surface area contributed by atoms with Gasteiger partial charge in [0.25, 0.3) is 10.0 Å². The standard InChI is InChI=1S/C27H31N3O4S/c1-22-7-5-10-25(17-22)30(35(32,33)26-11-3-2-4-12-26)21-27(31)28-19-23-8-6-9-24(18-23)20-29-13-15-34-16-14-29/h2-12,17-18H,13-16,19-21H2,1H3,(H,28,31). The molecule has 0 unspecified atom stereocenters. The predicted octanol–water partition coefficient (Wildman–Crippen LogP) is 3.34. The summed E-state index contributed by atoms with van der Waals surface area (Å²) in [6.07, 6.45) is 0. The third-order valence-electron chi connectivity index (χ3n) is 5.90. The van der Waals surface area contributed by atoms with Crippen LogP contribution in [0, 0.1) is 6.92 Å². The van der Waals surface area contributed by atoms with Gasteiger partial charge in [-0.1, -0.05) is 54.6 Å². The molecule has 4 rings (SSSR count). The van der Waals surface area contributed by atoms with E-state index in [0.29, 0.717) is 12.2 Å². The van der Waals surface area contributed by atoms with Gasteiger partial charge < -0.3 is 10.1 Å². The van der Waals surface area contributed by atoms with E-state index >= 15 is 0 Å². The molecule has 1 saturated heterocycles. The van der Waals surface area contributed by atoms with E-state index in [-0.39, 0.29) is 17.3 Å². The maximum Gasteiger partial charge on any atom is 0.264 e. The maximum absolute atomic E-state index is 13.4. The number of morpholine rings is 1. The number of carbonyl (C=O) groups excluding carboxylic acids is 1. The highest BCUT2D eigenvalue weighted by atomic mass is 32.2. The lowest BCUT2D eigenvalue weighted by molar-refractivity contribution is -0.119. The number of benzene rings is 3. The van der Waals surface area contributed by atoms with E-state index in [4.69, 9.17) is 4.74 Å². The molecule has 1 heterocycles. The first-order chi connectivity index (χ1) is 16.9. The van der Waals surface area contributed by atoms with E-state index in [9.17, 15) is 13.2 Å². The Morgan fingerprint density at radius 2 is 1.66 bits per heavy atom. The average Bonchev–Trinajstić information content (AvgIpc) is 2.87. The minimum absolute atomic E-state index is 0.144. The molecular formula is C27H31N3O4S. The monoisotopic (exact) mass is 493 g/mol. The van der Waals surface area contributed by atoms with Gasteiger partial charge in [-0.25, -0.2) is 8.42 Å². The first kappa shape index (κ1) is 24.9. The molecule has 3 aromatic carbocycles. The Balaban J connectivity index is 1.45. The zero-order valence-electron chi connectivity index (χ0n) is 19.9. The van der Waals surface area contributed by atoms with Crippen LogP contribution in [-0.2, 0) is 32.6 Å². The van der Waals surface area contributed by atoms with Gasteiger partial charge in [0.15, 0.2) is 0 Å². The largest absolute Gasteiger partial charge is 0.379 e. The van der Waals surface area contributed by atoms with Crippen molar-refractivity contribution in [2.45, 2.75) is 24.9 Å². The molecule has 0 atom stereocenters. The molecule has 1 N–H and O–H groups in total. The quantitative estimate of drug-likeness (QED) is 0.495. The Kier molecular flexibility index (Phi) is 8.17. The van der Waals surface area contributed by atoms with Crippen LogP contribution >= 0.6 is 0 Å². The van der Waals surface area contributed by atoms with Crippen molar-refractivity contribution in [1.29, 1.82) is 0 Å². The minimum atomic E-state index is -3.92. The van der Waals surface area contributed by atoms with Crippen LogP contribution in [0.1, 0.15) is 16.7 Å². The number of rotatable bonds is 9. The van der Waals surface area contributed by atoms with Gasteiger partial charge in [0.05, 0.1) is 23.8 Å². The third kappa shape index (κ3) is 6.69. The van der Waals surface area contributed by atoms with E-state index in [2.05, 4.69) is 22.3 Å². The van der Waals surface area contributed by atoms with E-state index in [1.807, 2.05) is 25.1 Å². The summed E-state index contributed by atoms with van der Waals surface area (Å²) in [6.45, 7) is 6.05. The summed E-state index contributed by atoms with van der Waals surface area (Å²) in [4.78, 5) is 15.4. The van der Waals surface area contributed by atoms with Gasteiger partial charge in [-0.15, -0.1) is 0 Å². The molecular weight excluding hydrogens is 462 g/mol. The molecule has 1 aliphatic heterocycles. The number of ether oxygens (including phenoxy) is 1. The van der Waals surface area contributed by atoms with Crippen molar-refractivity contribution in [3.8, 4) is 0 Å². The number of carbonyl (C=O) groups is 1. The molecule has 0 spiro atoms. The fraction of sp³-hybridized carbons (Fsp3) is 0.296. The summed E-state index contributed by atoms with van der Waals surface area (Å²) in [7, 11) is -3.92. The summed E-state index contributed by atoms with van der Waals surface area (Å²) in [5, 5.41) is 2.89. The summed E-state index contributed by atoms with van der Waals surface area (Å²) in [5.74, 6) is -0.371.